The number of hydrogen-bond acceptors (Lipinski definition) is 5. The minimum absolute atomic E-state index is 0.0104. The summed E-state index contributed by atoms with van der Waals surface area (Å²) in [5, 5.41) is 3.17. The van der Waals surface area contributed by atoms with Crippen LogP contribution in [0.25, 0.3) is 0 Å². The van der Waals surface area contributed by atoms with Gasteiger partial charge in [-0.05, 0) is 24.3 Å². The second-order valence-electron chi connectivity index (χ2n) is 3.78. The molecule has 0 bridgehead atoms. The molecule has 0 aliphatic carbocycles. The molecule has 2 rings (SSSR count). The third kappa shape index (κ3) is 3.69. The molecule has 0 radical (unpaired) electrons. The Balaban J connectivity index is 2.19. The van der Waals surface area contributed by atoms with Gasteiger partial charge in [-0.25, -0.2) is 13.4 Å². The zero-order valence-corrected chi connectivity index (χ0v) is 12.6. The molecule has 1 heterocycles. The number of rotatable bonds is 4. The average molecular weight is 332 g/mol. The van der Waals surface area contributed by atoms with E-state index in [0.29, 0.717) is 10.7 Å². The fourth-order valence-electron chi connectivity index (χ4n) is 1.32. The van der Waals surface area contributed by atoms with Crippen LogP contribution in [0.1, 0.15) is 6.92 Å². The topological polar surface area (TPSA) is 88.2 Å². The predicted molar refractivity (Wildman–Crippen MR) is 78.7 cm³/mol. The van der Waals surface area contributed by atoms with Crippen LogP contribution in [0.5, 0.6) is 0 Å². The molecule has 0 saturated heterocycles. The maximum Gasteiger partial charge on any atom is 0.273 e. The van der Waals surface area contributed by atoms with E-state index in [0.717, 1.165) is 11.3 Å². The second kappa shape index (κ2) is 5.78. The Morgan fingerprint density at radius 2 is 1.95 bits per heavy atom. The first-order chi connectivity index (χ1) is 9.37. The first-order valence-electron chi connectivity index (χ1n) is 5.38. The molecule has 1 aromatic carbocycles. The van der Waals surface area contributed by atoms with Crippen molar-refractivity contribution in [1.29, 1.82) is 0 Å². The molecule has 0 aliphatic heterocycles. The lowest BCUT2D eigenvalue weighted by Crippen LogP contribution is -2.11. The summed E-state index contributed by atoms with van der Waals surface area (Å²) in [7, 11) is -3.73. The lowest BCUT2D eigenvalue weighted by molar-refractivity contribution is -0.114. The molecule has 0 aliphatic rings. The molecule has 0 spiro atoms. The Bertz CT molecular complexity index is 726. The summed E-state index contributed by atoms with van der Waals surface area (Å²) >= 11 is 6.60. The van der Waals surface area contributed by atoms with E-state index in [-0.39, 0.29) is 15.2 Å². The zero-order valence-electron chi connectivity index (χ0n) is 10.3. The highest BCUT2D eigenvalue weighted by molar-refractivity contribution is 7.94. The zero-order chi connectivity index (χ0) is 14.8. The first-order valence-corrected chi connectivity index (χ1v) is 8.06. The molecule has 0 unspecified atom stereocenters. The Kier molecular flexibility index (Phi) is 4.26. The van der Waals surface area contributed by atoms with Crippen molar-refractivity contribution in [3.63, 3.8) is 0 Å². The van der Waals surface area contributed by atoms with E-state index < -0.39 is 10.0 Å². The van der Waals surface area contributed by atoms with E-state index in [1.54, 1.807) is 24.3 Å². The van der Waals surface area contributed by atoms with Crippen molar-refractivity contribution >= 4 is 49.7 Å². The van der Waals surface area contributed by atoms with Crippen LogP contribution in [0.3, 0.4) is 0 Å². The van der Waals surface area contributed by atoms with Crippen molar-refractivity contribution in [3.8, 4) is 0 Å². The molecule has 2 aromatic rings. The standard InChI is InChI=1S/C11H10ClN3O3S2/c1-7(16)14-11-13-6-10(19-11)20(17,18)15-9-4-2-8(12)3-5-9/h2-6,15H,1H3,(H,13,14,16). The van der Waals surface area contributed by atoms with Crippen molar-refractivity contribution in [2.75, 3.05) is 10.0 Å². The van der Waals surface area contributed by atoms with Crippen LogP contribution < -0.4 is 10.0 Å². The smallest absolute Gasteiger partial charge is 0.273 e. The fourth-order valence-corrected chi connectivity index (χ4v) is 3.58. The number of nitrogens with zero attached hydrogens (tertiary/aromatic N) is 1. The number of sulfonamides is 1. The number of anilines is 2. The van der Waals surface area contributed by atoms with Crippen molar-refractivity contribution in [3.05, 3.63) is 35.5 Å². The van der Waals surface area contributed by atoms with Gasteiger partial charge < -0.3 is 5.32 Å². The van der Waals surface area contributed by atoms with Crippen molar-refractivity contribution in [2.45, 2.75) is 11.1 Å². The van der Waals surface area contributed by atoms with E-state index in [4.69, 9.17) is 11.6 Å². The predicted octanol–water partition coefficient (Wildman–Crippen LogP) is 2.56. The number of thiazole rings is 1. The van der Waals surface area contributed by atoms with Gasteiger partial charge in [-0.1, -0.05) is 22.9 Å². The Hall–Kier alpha value is -1.64. The van der Waals surface area contributed by atoms with E-state index in [9.17, 15) is 13.2 Å². The molecule has 106 valence electrons. The molecule has 2 N–H and O–H groups in total. The lowest BCUT2D eigenvalue weighted by Gasteiger charge is -2.05. The van der Waals surface area contributed by atoms with E-state index in [1.807, 2.05) is 0 Å². The molecule has 1 amide bonds. The largest absolute Gasteiger partial charge is 0.302 e. The van der Waals surface area contributed by atoms with Gasteiger partial charge in [0.25, 0.3) is 10.0 Å². The molecule has 1 aromatic heterocycles. The highest BCUT2D eigenvalue weighted by Crippen LogP contribution is 2.25. The van der Waals surface area contributed by atoms with Gasteiger partial charge in [-0.2, -0.15) is 0 Å². The van der Waals surface area contributed by atoms with Gasteiger partial charge in [0.1, 0.15) is 0 Å². The Labute approximate surface area is 124 Å². The summed E-state index contributed by atoms with van der Waals surface area (Å²) in [5.41, 5.74) is 0.392. The molecule has 9 heteroatoms. The summed E-state index contributed by atoms with van der Waals surface area (Å²) in [6.07, 6.45) is 1.19. The van der Waals surface area contributed by atoms with Crippen LogP contribution in [-0.2, 0) is 14.8 Å². The maximum atomic E-state index is 12.1. The van der Waals surface area contributed by atoms with Gasteiger partial charge >= 0.3 is 0 Å². The molecule has 6 nitrogen and oxygen atoms in total. The minimum Gasteiger partial charge on any atom is -0.302 e. The van der Waals surface area contributed by atoms with E-state index >= 15 is 0 Å². The van der Waals surface area contributed by atoms with Crippen molar-refractivity contribution in [1.82, 2.24) is 4.98 Å². The monoisotopic (exact) mass is 331 g/mol. The molecule has 0 saturated carbocycles. The van der Waals surface area contributed by atoms with Crippen LogP contribution in [-0.4, -0.2) is 19.3 Å². The van der Waals surface area contributed by atoms with Crippen LogP contribution in [0, 0.1) is 0 Å². The number of hydrogen-bond donors (Lipinski definition) is 2. The minimum atomic E-state index is -3.73. The SMILES string of the molecule is CC(=O)Nc1ncc(S(=O)(=O)Nc2ccc(Cl)cc2)s1. The quantitative estimate of drug-likeness (QED) is 0.901. The third-order valence-corrected chi connectivity index (χ3v) is 5.14. The van der Waals surface area contributed by atoms with Crippen LogP contribution in [0.15, 0.2) is 34.7 Å². The number of carbonyl (C=O) groups excluding carboxylic acids is 1. The average Bonchev–Trinajstić information content (AvgIpc) is 2.80. The first kappa shape index (κ1) is 14.8. The van der Waals surface area contributed by atoms with Gasteiger partial charge in [0.15, 0.2) is 9.34 Å². The number of halogens is 1. The molecule has 0 fully saturated rings. The lowest BCUT2D eigenvalue weighted by atomic mass is 10.3. The van der Waals surface area contributed by atoms with Gasteiger partial charge in [-0.15, -0.1) is 0 Å². The number of amides is 1. The van der Waals surface area contributed by atoms with E-state index in [2.05, 4.69) is 15.0 Å². The maximum absolute atomic E-state index is 12.1. The van der Waals surface area contributed by atoms with Gasteiger partial charge in [0.2, 0.25) is 5.91 Å². The summed E-state index contributed by atoms with van der Waals surface area (Å²) in [6.45, 7) is 1.32. The Morgan fingerprint density at radius 1 is 1.30 bits per heavy atom. The number of nitrogens with one attached hydrogen (secondary N) is 2. The second-order valence-corrected chi connectivity index (χ2v) is 7.15. The highest BCUT2D eigenvalue weighted by atomic mass is 35.5. The van der Waals surface area contributed by atoms with Crippen LogP contribution >= 0.6 is 22.9 Å². The van der Waals surface area contributed by atoms with Gasteiger partial charge in [-0.3, -0.25) is 9.52 Å². The third-order valence-electron chi connectivity index (χ3n) is 2.13. The molecule has 0 atom stereocenters. The molecular formula is C11H10ClN3O3S2. The van der Waals surface area contributed by atoms with Gasteiger partial charge in [0.05, 0.1) is 6.20 Å². The van der Waals surface area contributed by atoms with Crippen LogP contribution in [0.4, 0.5) is 10.8 Å². The van der Waals surface area contributed by atoms with Crippen molar-refractivity contribution in [2.24, 2.45) is 0 Å². The van der Waals surface area contributed by atoms with Crippen LogP contribution in [0.2, 0.25) is 5.02 Å². The fraction of sp³-hybridized carbons (Fsp3) is 0.0909. The highest BCUT2D eigenvalue weighted by Gasteiger charge is 2.18. The number of carbonyl (C=O) groups is 1. The van der Waals surface area contributed by atoms with E-state index in [1.165, 1.54) is 13.1 Å². The molecule has 20 heavy (non-hydrogen) atoms. The summed E-state index contributed by atoms with van der Waals surface area (Å²) in [5.74, 6) is -0.311. The molecular weight excluding hydrogens is 322 g/mol. The summed E-state index contributed by atoms with van der Waals surface area (Å²) in [4.78, 5) is 14.7. The van der Waals surface area contributed by atoms with Crippen molar-refractivity contribution < 1.29 is 13.2 Å². The number of aromatic nitrogens is 1. The number of benzene rings is 1. The summed E-state index contributed by atoms with van der Waals surface area (Å²) in [6, 6.07) is 6.26. The normalized spacial score (nSPS) is 11.1. The summed E-state index contributed by atoms with van der Waals surface area (Å²) < 4.78 is 26.6. The Morgan fingerprint density at radius 3 is 2.55 bits per heavy atom. The van der Waals surface area contributed by atoms with Gasteiger partial charge in [0, 0.05) is 17.6 Å².